The summed E-state index contributed by atoms with van der Waals surface area (Å²) in [6.45, 7) is 1.98. The SMILES string of the molecule is Cc1ccc(/C(=C(/C#Cc2ccccc2)C2(O)CCCCC2)c2ccc(C(F)(F)F)cc2)cc1. The van der Waals surface area contributed by atoms with Gasteiger partial charge in [-0.1, -0.05) is 91.3 Å². The largest absolute Gasteiger partial charge is 0.416 e. The molecular formula is C30H27F3O. The second-order valence-electron chi connectivity index (χ2n) is 8.90. The lowest BCUT2D eigenvalue weighted by Gasteiger charge is -2.34. The summed E-state index contributed by atoms with van der Waals surface area (Å²) in [5.41, 5.74) is 2.73. The van der Waals surface area contributed by atoms with E-state index >= 15 is 0 Å². The van der Waals surface area contributed by atoms with Crippen molar-refractivity contribution < 1.29 is 18.3 Å². The maximum absolute atomic E-state index is 13.2. The van der Waals surface area contributed by atoms with Crippen molar-refractivity contribution in [3.63, 3.8) is 0 Å². The monoisotopic (exact) mass is 460 g/mol. The van der Waals surface area contributed by atoms with Crippen LogP contribution in [-0.2, 0) is 6.18 Å². The van der Waals surface area contributed by atoms with Crippen LogP contribution in [0.25, 0.3) is 5.57 Å². The van der Waals surface area contributed by atoms with E-state index in [1.807, 2.05) is 61.5 Å². The highest BCUT2D eigenvalue weighted by Gasteiger charge is 2.36. The molecule has 0 saturated heterocycles. The van der Waals surface area contributed by atoms with Gasteiger partial charge in [0.2, 0.25) is 0 Å². The van der Waals surface area contributed by atoms with Gasteiger partial charge in [-0.2, -0.15) is 13.2 Å². The van der Waals surface area contributed by atoms with Gasteiger partial charge in [-0.15, -0.1) is 0 Å². The third kappa shape index (κ3) is 5.43. The van der Waals surface area contributed by atoms with Gasteiger partial charge in [-0.25, -0.2) is 0 Å². The summed E-state index contributed by atoms with van der Waals surface area (Å²) in [6, 6.07) is 22.5. The molecule has 1 saturated carbocycles. The second-order valence-corrected chi connectivity index (χ2v) is 8.90. The Kier molecular flexibility index (Phi) is 6.95. The van der Waals surface area contributed by atoms with Crippen molar-refractivity contribution in [2.24, 2.45) is 0 Å². The van der Waals surface area contributed by atoms with Gasteiger partial charge in [0.25, 0.3) is 0 Å². The fourth-order valence-electron chi connectivity index (χ4n) is 4.46. The van der Waals surface area contributed by atoms with Crippen LogP contribution < -0.4 is 0 Å². The molecule has 0 aliphatic heterocycles. The molecule has 0 radical (unpaired) electrons. The molecule has 1 fully saturated rings. The Labute approximate surface area is 199 Å². The predicted molar refractivity (Wildman–Crippen MR) is 130 cm³/mol. The Balaban J connectivity index is 1.97. The number of rotatable bonds is 3. The highest BCUT2D eigenvalue weighted by atomic mass is 19.4. The Morgan fingerprint density at radius 2 is 1.35 bits per heavy atom. The van der Waals surface area contributed by atoms with Gasteiger partial charge < -0.3 is 5.11 Å². The first kappa shape index (κ1) is 23.9. The van der Waals surface area contributed by atoms with Crippen molar-refractivity contribution in [1.82, 2.24) is 0 Å². The highest BCUT2D eigenvalue weighted by Crippen LogP contribution is 2.41. The van der Waals surface area contributed by atoms with Crippen LogP contribution in [0.5, 0.6) is 0 Å². The van der Waals surface area contributed by atoms with Crippen LogP contribution in [0, 0.1) is 18.8 Å². The number of alkyl halides is 3. The molecule has 3 aromatic rings. The first-order valence-electron chi connectivity index (χ1n) is 11.6. The Morgan fingerprint density at radius 3 is 1.91 bits per heavy atom. The van der Waals surface area contributed by atoms with Crippen LogP contribution in [-0.4, -0.2) is 10.7 Å². The molecule has 0 unspecified atom stereocenters. The number of halogens is 3. The second kappa shape index (κ2) is 9.91. The molecule has 174 valence electrons. The fraction of sp³-hybridized carbons (Fsp3) is 0.267. The van der Waals surface area contributed by atoms with Crippen molar-refractivity contribution in [1.29, 1.82) is 0 Å². The number of aliphatic hydroxyl groups is 1. The molecule has 1 nitrogen and oxygen atoms in total. The summed E-state index contributed by atoms with van der Waals surface area (Å²) in [7, 11) is 0. The van der Waals surface area contributed by atoms with E-state index in [2.05, 4.69) is 11.8 Å². The van der Waals surface area contributed by atoms with Crippen LogP contribution in [0.3, 0.4) is 0 Å². The van der Waals surface area contributed by atoms with Crippen molar-refractivity contribution in [3.05, 3.63) is 112 Å². The minimum absolute atomic E-state index is 0.569. The van der Waals surface area contributed by atoms with Crippen molar-refractivity contribution in [3.8, 4) is 11.8 Å². The van der Waals surface area contributed by atoms with Crippen LogP contribution in [0.2, 0.25) is 0 Å². The van der Waals surface area contributed by atoms with Crippen LogP contribution >= 0.6 is 0 Å². The molecule has 4 rings (SSSR count). The fourth-order valence-corrected chi connectivity index (χ4v) is 4.46. The molecule has 0 atom stereocenters. The highest BCUT2D eigenvalue weighted by molar-refractivity contribution is 5.86. The van der Waals surface area contributed by atoms with Gasteiger partial charge in [0, 0.05) is 16.7 Å². The zero-order valence-corrected chi connectivity index (χ0v) is 19.1. The molecular weight excluding hydrogens is 433 g/mol. The van der Waals surface area contributed by atoms with Gasteiger partial charge in [0.15, 0.2) is 0 Å². The van der Waals surface area contributed by atoms with Gasteiger partial charge in [0.05, 0.1) is 11.2 Å². The summed E-state index contributed by atoms with van der Waals surface area (Å²) in [5.74, 6) is 6.45. The zero-order valence-electron chi connectivity index (χ0n) is 19.1. The van der Waals surface area contributed by atoms with E-state index in [4.69, 9.17) is 0 Å². The third-order valence-electron chi connectivity index (χ3n) is 6.34. The molecule has 0 bridgehead atoms. The van der Waals surface area contributed by atoms with Gasteiger partial charge in [-0.05, 0) is 55.2 Å². The van der Waals surface area contributed by atoms with E-state index in [0.29, 0.717) is 29.6 Å². The number of aryl methyl sites for hydroxylation is 1. The molecule has 34 heavy (non-hydrogen) atoms. The molecule has 0 heterocycles. The molecule has 1 N–H and O–H groups in total. The standard InChI is InChI=1S/C30H27F3O/c1-22-10-13-24(14-11-22)28(25-15-17-26(18-16-25)30(31,32)33)27(29(34)20-6-3-7-21-29)19-12-23-8-4-2-5-9-23/h2,4-5,8-11,13-18,34H,3,6-7,20-21H2,1H3/b28-27+. The predicted octanol–water partition coefficient (Wildman–Crippen LogP) is 7.56. The summed E-state index contributed by atoms with van der Waals surface area (Å²) in [6.07, 6.45) is -0.475. The van der Waals surface area contributed by atoms with Crippen LogP contribution in [0.15, 0.2) is 84.4 Å². The lowest BCUT2D eigenvalue weighted by atomic mass is 9.75. The normalized spacial score (nSPS) is 16.3. The summed E-state index contributed by atoms with van der Waals surface area (Å²) < 4.78 is 39.7. The van der Waals surface area contributed by atoms with Crippen LogP contribution in [0.4, 0.5) is 13.2 Å². The van der Waals surface area contributed by atoms with Gasteiger partial charge >= 0.3 is 6.18 Å². The Hall–Kier alpha value is -3.29. The minimum atomic E-state index is -4.41. The van der Waals surface area contributed by atoms with Crippen molar-refractivity contribution >= 4 is 5.57 Å². The summed E-state index contributed by atoms with van der Waals surface area (Å²) >= 11 is 0. The maximum atomic E-state index is 13.2. The third-order valence-corrected chi connectivity index (χ3v) is 6.34. The molecule has 3 aromatic carbocycles. The van der Waals surface area contributed by atoms with E-state index in [9.17, 15) is 18.3 Å². The smallest absolute Gasteiger partial charge is 0.384 e. The van der Waals surface area contributed by atoms with E-state index in [1.165, 1.54) is 12.1 Å². The average molecular weight is 461 g/mol. The number of hydrogen-bond donors (Lipinski definition) is 1. The summed E-state index contributed by atoms with van der Waals surface area (Å²) in [5, 5.41) is 11.8. The van der Waals surface area contributed by atoms with E-state index < -0.39 is 17.3 Å². The van der Waals surface area contributed by atoms with Gasteiger partial charge in [0.1, 0.15) is 0 Å². The Morgan fingerprint density at radius 1 is 0.794 bits per heavy atom. The van der Waals surface area contributed by atoms with Gasteiger partial charge in [-0.3, -0.25) is 0 Å². The minimum Gasteiger partial charge on any atom is -0.384 e. The lowest BCUT2D eigenvalue weighted by molar-refractivity contribution is -0.137. The van der Waals surface area contributed by atoms with Crippen LogP contribution in [0.1, 0.15) is 59.9 Å². The first-order chi connectivity index (χ1) is 16.3. The lowest BCUT2D eigenvalue weighted by Crippen LogP contribution is -2.34. The first-order valence-corrected chi connectivity index (χ1v) is 11.6. The molecule has 0 amide bonds. The maximum Gasteiger partial charge on any atom is 0.416 e. The topological polar surface area (TPSA) is 20.2 Å². The molecule has 0 spiro atoms. The zero-order chi connectivity index (χ0) is 24.2. The van der Waals surface area contributed by atoms with Crippen molar-refractivity contribution in [2.45, 2.75) is 50.8 Å². The summed E-state index contributed by atoms with van der Waals surface area (Å²) in [4.78, 5) is 0. The average Bonchev–Trinajstić information content (AvgIpc) is 2.83. The molecule has 4 heteroatoms. The molecule has 1 aliphatic carbocycles. The number of benzene rings is 3. The van der Waals surface area contributed by atoms with E-state index in [-0.39, 0.29) is 0 Å². The molecule has 1 aliphatic rings. The van der Waals surface area contributed by atoms with E-state index in [1.54, 1.807) is 0 Å². The van der Waals surface area contributed by atoms with Crippen molar-refractivity contribution in [2.75, 3.05) is 0 Å². The van der Waals surface area contributed by atoms with E-state index in [0.717, 1.165) is 48.1 Å². The number of hydrogen-bond acceptors (Lipinski definition) is 1. The quantitative estimate of drug-likeness (QED) is 0.400. The molecule has 0 aromatic heterocycles. The Bertz CT molecular complexity index is 1200.